The molecule has 0 N–H and O–H groups in total. The number of methoxy groups -OCH3 is 1. The number of rotatable bonds is 4. The highest BCUT2D eigenvalue weighted by molar-refractivity contribution is 6.10. The molecule has 0 amide bonds. The van der Waals surface area contributed by atoms with E-state index >= 15 is 0 Å². The lowest BCUT2D eigenvalue weighted by Crippen LogP contribution is -2.07. The predicted octanol–water partition coefficient (Wildman–Crippen LogP) is 4.58. The summed E-state index contributed by atoms with van der Waals surface area (Å²) >= 11 is 0. The number of hydrogen-bond acceptors (Lipinski definition) is 2. The van der Waals surface area contributed by atoms with Gasteiger partial charge in [-0.15, -0.1) is 0 Å². The van der Waals surface area contributed by atoms with E-state index in [1.54, 1.807) is 7.11 Å². The maximum absolute atomic E-state index is 12.8. The van der Waals surface area contributed by atoms with Crippen LogP contribution in [-0.2, 0) is 0 Å². The SMILES string of the molecule is COc1cccc(C(=O)c2ccccc2C2CCCC2)c1. The second-order valence-corrected chi connectivity index (χ2v) is 5.63. The van der Waals surface area contributed by atoms with Crippen molar-refractivity contribution < 1.29 is 9.53 Å². The molecule has 2 heteroatoms. The molecule has 0 saturated heterocycles. The average molecular weight is 280 g/mol. The molecule has 0 heterocycles. The lowest BCUT2D eigenvalue weighted by molar-refractivity contribution is 0.103. The molecule has 21 heavy (non-hydrogen) atoms. The third-order valence-corrected chi connectivity index (χ3v) is 4.33. The van der Waals surface area contributed by atoms with E-state index in [0.717, 1.165) is 11.3 Å². The number of carbonyl (C=O) groups is 1. The van der Waals surface area contributed by atoms with E-state index in [-0.39, 0.29) is 5.78 Å². The summed E-state index contributed by atoms with van der Waals surface area (Å²) in [5.41, 5.74) is 2.75. The minimum Gasteiger partial charge on any atom is -0.497 e. The van der Waals surface area contributed by atoms with Gasteiger partial charge in [-0.3, -0.25) is 4.79 Å². The number of ether oxygens (including phenoxy) is 1. The Morgan fingerprint density at radius 1 is 1.05 bits per heavy atom. The van der Waals surface area contributed by atoms with Gasteiger partial charge in [0, 0.05) is 11.1 Å². The normalized spacial score (nSPS) is 15.1. The van der Waals surface area contributed by atoms with Gasteiger partial charge in [-0.25, -0.2) is 0 Å². The van der Waals surface area contributed by atoms with Crippen LogP contribution in [0.15, 0.2) is 48.5 Å². The molecule has 3 rings (SSSR count). The first-order valence-corrected chi connectivity index (χ1v) is 7.57. The predicted molar refractivity (Wildman–Crippen MR) is 84.1 cm³/mol. The van der Waals surface area contributed by atoms with E-state index in [1.807, 2.05) is 42.5 Å². The van der Waals surface area contributed by atoms with Gasteiger partial charge in [-0.1, -0.05) is 49.2 Å². The summed E-state index contributed by atoms with van der Waals surface area (Å²) in [5, 5.41) is 0. The Morgan fingerprint density at radius 2 is 1.81 bits per heavy atom. The Morgan fingerprint density at radius 3 is 2.57 bits per heavy atom. The van der Waals surface area contributed by atoms with Crippen LogP contribution in [0.2, 0.25) is 0 Å². The fraction of sp³-hybridized carbons (Fsp3) is 0.316. The highest BCUT2D eigenvalue weighted by atomic mass is 16.5. The van der Waals surface area contributed by atoms with Crippen LogP contribution in [0.3, 0.4) is 0 Å². The molecule has 0 unspecified atom stereocenters. The van der Waals surface area contributed by atoms with Crippen LogP contribution in [0.25, 0.3) is 0 Å². The minimum absolute atomic E-state index is 0.0939. The summed E-state index contributed by atoms with van der Waals surface area (Å²) in [6, 6.07) is 15.5. The van der Waals surface area contributed by atoms with E-state index in [1.165, 1.54) is 31.2 Å². The molecular formula is C19H20O2. The van der Waals surface area contributed by atoms with Crippen molar-refractivity contribution in [2.75, 3.05) is 7.11 Å². The summed E-state index contributed by atoms with van der Waals surface area (Å²) in [7, 11) is 1.62. The fourth-order valence-corrected chi connectivity index (χ4v) is 3.22. The van der Waals surface area contributed by atoms with Gasteiger partial charge < -0.3 is 4.74 Å². The molecule has 2 aromatic carbocycles. The first-order chi connectivity index (χ1) is 10.3. The first-order valence-electron chi connectivity index (χ1n) is 7.57. The van der Waals surface area contributed by atoms with Crippen molar-refractivity contribution in [1.82, 2.24) is 0 Å². The van der Waals surface area contributed by atoms with Crippen LogP contribution in [0.4, 0.5) is 0 Å². The van der Waals surface area contributed by atoms with Crippen molar-refractivity contribution >= 4 is 5.78 Å². The molecule has 0 spiro atoms. The van der Waals surface area contributed by atoms with Crippen molar-refractivity contribution in [1.29, 1.82) is 0 Å². The highest BCUT2D eigenvalue weighted by Gasteiger charge is 2.22. The lowest BCUT2D eigenvalue weighted by atomic mass is 9.89. The first kappa shape index (κ1) is 13.9. The molecule has 2 aromatic rings. The topological polar surface area (TPSA) is 26.3 Å². The van der Waals surface area contributed by atoms with Gasteiger partial charge in [0.2, 0.25) is 0 Å². The quantitative estimate of drug-likeness (QED) is 0.766. The number of carbonyl (C=O) groups excluding carboxylic acids is 1. The third-order valence-electron chi connectivity index (χ3n) is 4.33. The van der Waals surface area contributed by atoms with Crippen molar-refractivity contribution in [3.8, 4) is 5.75 Å². The lowest BCUT2D eigenvalue weighted by Gasteiger charge is -2.14. The molecule has 1 aliphatic rings. The van der Waals surface area contributed by atoms with Crippen LogP contribution < -0.4 is 4.74 Å². The van der Waals surface area contributed by atoms with E-state index in [4.69, 9.17) is 4.74 Å². The van der Waals surface area contributed by atoms with Crippen molar-refractivity contribution in [2.24, 2.45) is 0 Å². The third kappa shape index (κ3) is 2.85. The average Bonchev–Trinajstić information content (AvgIpc) is 3.08. The van der Waals surface area contributed by atoms with Crippen molar-refractivity contribution in [3.05, 3.63) is 65.2 Å². The van der Waals surface area contributed by atoms with Crippen LogP contribution in [-0.4, -0.2) is 12.9 Å². The minimum atomic E-state index is 0.0939. The Hall–Kier alpha value is -2.09. The molecule has 108 valence electrons. The Kier molecular flexibility index (Phi) is 4.05. The van der Waals surface area contributed by atoms with E-state index in [2.05, 4.69) is 6.07 Å². The van der Waals surface area contributed by atoms with Gasteiger partial charge in [-0.05, 0) is 36.5 Å². The Labute approximate surface area is 125 Å². The summed E-state index contributed by atoms with van der Waals surface area (Å²) in [6.07, 6.45) is 4.93. The van der Waals surface area contributed by atoms with Gasteiger partial charge in [0.05, 0.1) is 7.11 Å². The van der Waals surface area contributed by atoms with Crippen LogP contribution >= 0.6 is 0 Å². The Bertz CT molecular complexity index is 640. The molecule has 0 atom stereocenters. The largest absolute Gasteiger partial charge is 0.497 e. The van der Waals surface area contributed by atoms with Crippen LogP contribution in [0.1, 0.15) is 53.1 Å². The van der Waals surface area contributed by atoms with E-state index in [9.17, 15) is 4.79 Å². The van der Waals surface area contributed by atoms with Gasteiger partial charge in [0.15, 0.2) is 5.78 Å². The van der Waals surface area contributed by atoms with E-state index < -0.39 is 0 Å². The van der Waals surface area contributed by atoms with Crippen LogP contribution in [0, 0.1) is 0 Å². The number of benzene rings is 2. The highest BCUT2D eigenvalue weighted by Crippen LogP contribution is 2.36. The number of hydrogen-bond donors (Lipinski definition) is 0. The zero-order chi connectivity index (χ0) is 14.7. The molecule has 1 saturated carbocycles. The second-order valence-electron chi connectivity index (χ2n) is 5.63. The monoisotopic (exact) mass is 280 g/mol. The van der Waals surface area contributed by atoms with Crippen molar-refractivity contribution in [3.63, 3.8) is 0 Å². The molecule has 2 nitrogen and oxygen atoms in total. The number of ketones is 1. The molecule has 0 bridgehead atoms. The van der Waals surface area contributed by atoms with E-state index in [0.29, 0.717) is 11.5 Å². The van der Waals surface area contributed by atoms with Gasteiger partial charge >= 0.3 is 0 Å². The zero-order valence-electron chi connectivity index (χ0n) is 12.3. The maximum Gasteiger partial charge on any atom is 0.193 e. The smallest absolute Gasteiger partial charge is 0.193 e. The summed E-state index contributed by atoms with van der Waals surface area (Å²) in [6.45, 7) is 0. The Balaban J connectivity index is 1.97. The van der Waals surface area contributed by atoms with Crippen molar-refractivity contribution in [2.45, 2.75) is 31.6 Å². The fourth-order valence-electron chi connectivity index (χ4n) is 3.22. The summed E-state index contributed by atoms with van der Waals surface area (Å²) in [5.74, 6) is 1.35. The van der Waals surface area contributed by atoms with Gasteiger partial charge in [0.1, 0.15) is 5.75 Å². The molecule has 1 fully saturated rings. The standard InChI is InChI=1S/C19H20O2/c1-21-16-10-6-9-15(13-16)19(20)18-12-5-4-11-17(18)14-7-2-3-8-14/h4-6,9-14H,2-3,7-8H2,1H3. The van der Waals surface area contributed by atoms with Crippen LogP contribution in [0.5, 0.6) is 5.75 Å². The molecular weight excluding hydrogens is 260 g/mol. The zero-order valence-corrected chi connectivity index (χ0v) is 12.3. The second kappa shape index (κ2) is 6.13. The molecule has 0 radical (unpaired) electrons. The molecule has 0 aromatic heterocycles. The van der Waals surface area contributed by atoms with Gasteiger partial charge in [-0.2, -0.15) is 0 Å². The van der Waals surface area contributed by atoms with Gasteiger partial charge in [0.25, 0.3) is 0 Å². The molecule has 0 aliphatic heterocycles. The molecule has 1 aliphatic carbocycles. The summed E-state index contributed by atoms with van der Waals surface area (Å²) in [4.78, 5) is 12.8. The summed E-state index contributed by atoms with van der Waals surface area (Å²) < 4.78 is 5.22. The maximum atomic E-state index is 12.8.